The van der Waals surface area contributed by atoms with Gasteiger partial charge in [-0.15, -0.1) is 0 Å². The molecule has 2 aromatic heterocycles. The van der Waals surface area contributed by atoms with E-state index in [1.54, 1.807) is 48.8 Å². The van der Waals surface area contributed by atoms with Gasteiger partial charge in [0, 0.05) is 42.0 Å². The molecule has 3 aromatic carbocycles. The van der Waals surface area contributed by atoms with Gasteiger partial charge < -0.3 is 10.3 Å². The topological polar surface area (TPSA) is 83.6 Å². The molecule has 0 aliphatic carbocycles. The smallest absolute Gasteiger partial charge is 0.251 e. The Kier molecular flexibility index (Phi) is 6.69. The van der Waals surface area contributed by atoms with Crippen LogP contribution >= 0.6 is 11.6 Å². The number of hydrogen-bond acceptors (Lipinski definition) is 4. The van der Waals surface area contributed by atoms with Gasteiger partial charge in [-0.3, -0.25) is 4.79 Å². The molecule has 1 amide bonds. The molecule has 0 bridgehead atoms. The molecule has 0 fully saturated rings. The van der Waals surface area contributed by atoms with Crippen LogP contribution in [0.25, 0.3) is 33.5 Å². The molecule has 0 atom stereocenters. The molecular weight excluding hydrogens is 484 g/mol. The molecule has 0 radical (unpaired) electrons. The van der Waals surface area contributed by atoms with Crippen molar-refractivity contribution in [2.45, 2.75) is 12.8 Å². The van der Waals surface area contributed by atoms with Gasteiger partial charge in [0.2, 0.25) is 0 Å². The van der Waals surface area contributed by atoms with Gasteiger partial charge in [0.1, 0.15) is 17.5 Å². The molecule has 180 valence electrons. The van der Waals surface area contributed by atoms with E-state index >= 15 is 0 Å². The normalized spacial score (nSPS) is 11.1. The van der Waals surface area contributed by atoms with Crippen molar-refractivity contribution in [3.8, 4) is 22.5 Å². The van der Waals surface area contributed by atoms with Crippen molar-refractivity contribution in [2.75, 3.05) is 6.54 Å². The number of rotatable bonds is 7. The highest BCUT2D eigenvalue weighted by Crippen LogP contribution is 2.33. The molecule has 0 saturated carbocycles. The number of imidazole rings is 1. The van der Waals surface area contributed by atoms with E-state index in [4.69, 9.17) is 21.6 Å². The molecule has 2 N–H and O–H groups in total. The van der Waals surface area contributed by atoms with Crippen molar-refractivity contribution in [3.05, 3.63) is 101 Å². The number of hydrogen-bond donors (Lipinski definition) is 2. The Labute approximate surface area is 210 Å². The van der Waals surface area contributed by atoms with Crippen LogP contribution in [0.4, 0.5) is 8.78 Å². The maximum atomic E-state index is 14.3. The van der Waals surface area contributed by atoms with E-state index in [1.165, 1.54) is 24.3 Å². The van der Waals surface area contributed by atoms with E-state index in [0.29, 0.717) is 45.7 Å². The lowest BCUT2D eigenvalue weighted by Crippen LogP contribution is -2.24. The van der Waals surface area contributed by atoms with E-state index in [-0.39, 0.29) is 16.7 Å². The number of carbonyl (C=O) groups is 1. The second kappa shape index (κ2) is 10.2. The van der Waals surface area contributed by atoms with Crippen LogP contribution in [0.1, 0.15) is 22.6 Å². The number of aromatic amines is 1. The summed E-state index contributed by atoms with van der Waals surface area (Å²) in [5.41, 5.74) is 3.36. The Morgan fingerprint density at radius 1 is 0.917 bits per heavy atom. The molecular formula is C27H20ClF2N5O. The molecule has 0 aliphatic rings. The van der Waals surface area contributed by atoms with Gasteiger partial charge in [-0.25, -0.2) is 23.7 Å². The standard InChI is InChI=1S/C27H20ClF2N5O/c28-20-9-5-17(14-21(20)30)26-25(16-3-7-19(29)8-4-16)34-22-10-6-18(15-23(22)35-26)27(36)33-11-1-2-24-31-12-13-32-24/h3-10,12-15H,1-2,11H2,(H,31,32)(H,33,36). The summed E-state index contributed by atoms with van der Waals surface area (Å²) in [6.45, 7) is 0.488. The lowest BCUT2D eigenvalue weighted by Gasteiger charge is -2.12. The summed E-state index contributed by atoms with van der Waals surface area (Å²) in [5, 5.41) is 2.89. The summed E-state index contributed by atoms with van der Waals surface area (Å²) in [6, 6.07) is 15.2. The first-order valence-electron chi connectivity index (χ1n) is 11.3. The fraction of sp³-hybridized carbons (Fsp3) is 0.111. The Morgan fingerprint density at radius 3 is 2.42 bits per heavy atom. The van der Waals surface area contributed by atoms with E-state index in [1.807, 2.05) is 0 Å². The Hall–Kier alpha value is -4.17. The molecule has 0 spiro atoms. The first-order valence-corrected chi connectivity index (χ1v) is 11.7. The number of amides is 1. The highest BCUT2D eigenvalue weighted by Gasteiger charge is 2.16. The molecule has 2 heterocycles. The Bertz CT molecular complexity index is 1540. The predicted molar refractivity (Wildman–Crippen MR) is 135 cm³/mol. The van der Waals surface area contributed by atoms with Crippen molar-refractivity contribution in [2.24, 2.45) is 0 Å². The number of benzene rings is 3. The third-order valence-electron chi connectivity index (χ3n) is 5.67. The number of halogens is 3. The molecule has 9 heteroatoms. The number of fused-ring (bicyclic) bond motifs is 1. The Morgan fingerprint density at radius 2 is 1.67 bits per heavy atom. The van der Waals surface area contributed by atoms with Gasteiger partial charge in [0.15, 0.2) is 0 Å². The van der Waals surface area contributed by atoms with Crippen LogP contribution in [0.5, 0.6) is 0 Å². The maximum Gasteiger partial charge on any atom is 0.251 e. The number of aryl methyl sites for hydroxylation is 1. The van der Waals surface area contributed by atoms with Crippen LogP contribution in [0, 0.1) is 11.6 Å². The summed E-state index contributed by atoms with van der Waals surface area (Å²) in [4.78, 5) is 29.4. The van der Waals surface area contributed by atoms with Gasteiger partial charge in [0.25, 0.3) is 5.91 Å². The van der Waals surface area contributed by atoms with E-state index < -0.39 is 5.82 Å². The largest absolute Gasteiger partial charge is 0.352 e. The minimum atomic E-state index is -0.594. The lowest BCUT2D eigenvalue weighted by atomic mass is 10.0. The van der Waals surface area contributed by atoms with Crippen LogP contribution in [0.15, 0.2) is 73.1 Å². The van der Waals surface area contributed by atoms with Gasteiger partial charge in [-0.2, -0.15) is 0 Å². The SMILES string of the molecule is O=C(NCCCc1ncc[nH]1)c1ccc2nc(-c3ccc(F)cc3)c(-c3ccc(Cl)c(F)c3)nc2c1. The zero-order valence-corrected chi connectivity index (χ0v) is 19.7. The molecule has 36 heavy (non-hydrogen) atoms. The van der Waals surface area contributed by atoms with Crippen molar-refractivity contribution < 1.29 is 13.6 Å². The predicted octanol–water partition coefficient (Wildman–Crippen LogP) is 5.98. The highest BCUT2D eigenvalue weighted by molar-refractivity contribution is 6.30. The number of nitrogens with zero attached hydrogens (tertiary/aromatic N) is 3. The van der Waals surface area contributed by atoms with Gasteiger partial charge in [-0.1, -0.05) is 17.7 Å². The number of nitrogens with one attached hydrogen (secondary N) is 2. The zero-order chi connectivity index (χ0) is 25.1. The summed E-state index contributed by atoms with van der Waals surface area (Å²) in [5.74, 6) is -0.344. The molecule has 6 nitrogen and oxygen atoms in total. The average Bonchev–Trinajstić information content (AvgIpc) is 3.41. The summed E-state index contributed by atoms with van der Waals surface area (Å²) in [6.07, 6.45) is 4.92. The van der Waals surface area contributed by atoms with Crippen molar-refractivity contribution in [1.29, 1.82) is 0 Å². The average molecular weight is 504 g/mol. The van der Waals surface area contributed by atoms with Crippen LogP contribution in [-0.2, 0) is 6.42 Å². The van der Waals surface area contributed by atoms with Crippen LogP contribution in [0.3, 0.4) is 0 Å². The Balaban J connectivity index is 1.47. The zero-order valence-electron chi connectivity index (χ0n) is 18.9. The number of carbonyl (C=O) groups excluding carboxylic acids is 1. The van der Waals surface area contributed by atoms with Crippen LogP contribution < -0.4 is 5.32 Å². The first-order chi connectivity index (χ1) is 17.5. The number of H-pyrrole nitrogens is 1. The van der Waals surface area contributed by atoms with Crippen LogP contribution in [0.2, 0.25) is 5.02 Å². The molecule has 0 unspecified atom stereocenters. The third kappa shape index (κ3) is 5.08. The second-order valence-electron chi connectivity index (χ2n) is 8.16. The van der Waals surface area contributed by atoms with E-state index in [0.717, 1.165) is 18.7 Å². The summed E-state index contributed by atoms with van der Waals surface area (Å²) >= 11 is 5.87. The van der Waals surface area contributed by atoms with Crippen molar-refractivity contribution in [3.63, 3.8) is 0 Å². The van der Waals surface area contributed by atoms with Crippen molar-refractivity contribution in [1.82, 2.24) is 25.3 Å². The van der Waals surface area contributed by atoms with Crippen molar-refractivity contribution >= 4 is 28.5 Å². The first kappa shape index (κ1) is 23.6. The summed E-state index contributed by atoms with van der Waals surface area (Å²) in [7, 11) is 0. The molecule has 0 aliphatic heterocycles. The molecule has 5 aromatic rings. The van der Waals surface area contributed by atoms with E-state index in [2.05, 4.69) is 15.3 Å². The van der Waals surface area contributed by atoms with Crippen LogP contribution in [-0.4, -0.2) is 32.4 Å². The maximum absolute atomic E-state index is 14.3. The minimum absolute atomic E-state index is 0.0122. The minimum Gasteiger partial charge on any atom is -0.352 e. The number of aromatic nitrogens is 4. The fourth-order valence-electron chi connectivity index (χ4n) is 3.84. The molecule has 5 rings (SSSR count). The fourth-order valence-corrected chi connectivity index (χ4v) is 3.96. The highest BCUT2D eigenvalue weighted by atomic mass is 35.5. The van der Waals surface area contributed by atoms with Gasteiger partial charge in [0.05, 0.1) is 27.4 Å². The lowest BCUT2D eigenvalue weighted by molar-refractivity contribution is 0.0953. The van der Waals surface area contributed by atoms with Gasteiger partial charge in [-0.05, 0) is 61.0 Å². The second-order valence-corrected chi connectivity index (χ2v) is 8.56. The molecule has 0 saturated heterocycles. The van der Waals surface area contributed by atoms with E-state index in [9.17, 15) is 13.6 Å². The van der Waals surface area contributed by atoms with Gasteiger partial charge >= 0.3 is 0 Å². The quantitative estimate of drug-likeness (QED) is 0.268. The monoisotopic (exact) mass is 503 g/mol. The summed E-state index contributed by atoms with van der Waals surface area (Å²) < 4.78 is 27.8. The third-order valence-corrected chi connectivity index (χ3v) is 5.97.